The summed E-state index contributed by atoms with van der Waals surface area (Å²) in [5.74, 6) is 1.52. The van der Waals surface area contributed by atoms with Crippen molar-refractivity contribution in [3.8, 4) is 0 Å². The Labute approximate surface area is 154 Å². The first-order valence-corrected chi connectivity index (χ1v) is 7.90. The normalized spacial score (nSPS) is 10.6. The molecule has 2 aromatic heterocycles. The minimum Gasteiger partial charge on any atom is -0.396 e. The fourth-order valence-corrected chi connectivity index (χ4v) is 2.90. The Morgan fingerprint density at radius 2 is 1.88 bits per heavy atom. The van der Waals surface area contributed by atoms with Crippen molar-refractivity contribution in [1.82, 2.24) is 14.5 Å². The first-order valence-electron chi connectivity index (χ1n) is 7.90. The second kappa shape index (κ2) is 9.06. The number of nitrogen functional groups attached to an aromatic ring is 1. The molecule has 5 nitrogen and oxygen atoms in total. The average molecular weight is 371 g/mol. The quantitative estimate of drug-likeness (QED) is 0.692. The van der Waals surface area contributed by atoms with Crippen LogP contribution in [0.1, 0.15) is 32.0 Å². The molecule has 3 aromatic rings. The number of rotatable bonds is 6. The third-order valence-electron chi connectivity index (χ3n) is 3.98. The minimum absolute atomic E-state index is 0. The largest absolute Gasteiger partial charge is 0.396 e. The number of halogens is 2. The average Bonchev–Trinajstić information content (AvgIpc) is 2.90. The van der Waals surface area contributed by atoms with E-state index in [1.165, 1.54) is 0 Å². The van der Waals surface area contributed by atoms with E-state index in [0.29, 0.717) is 12.2 Å². The van der Waals surface area contributed by atoms with Gasteiger partial charge in [-0.05, 0) is 18.9 Å². The molecule has 0 spiro atoms. The number of benzene rings is 1. The molecule has 2 heterocycles. The second-order valence-corrected chi connectivity index (χ2v) is 5.57. The van der Waals surface area contributed by atoms with Crippen LogP contribution in [0.3, 0.4) is 0 Å². The maximum Gasteiger partial charge on any atom is 0.152 e. The fraction of sp³-hybridized carbons (Fsp3) is 0.412. The van der Waals surface area contributed by atoms with Crippen molar-refractivity contribution in [2.24, 2.45) is 0 Å². The van der Waals surface area contributed by atoms with Gasteiger partial charge >= 0.3 is 0 Å². The molecule has 1 aromatic carbocycles. The summed E-state index contributed by atoms with van der Waals surface area (Å²) in [7, 11) is 0. The summed E-state index contributed by atoms with van der Waals surface area (Å²) in [6.07, 6.45) is 3.84. The predicted octanol–water partition coefficient (Wildman–Crippen LogP) is 3.74. The van der Waals surface area contributed by atoms with Gasteiger partial charge in [-0.1, -0.05) is 31.5 Å². The fourth-order valence-electron chi connectivity index (χ4n) is 2.90. The van der Waals surface area contributed by atoms with E-state index in [4.69, 9.17) is 10.7 Å². The molecule has 3 N–H and O–H groups in total. The van der Waals surface area contributed by atoms with E-state index >= 15 is 0 Å². The van der Waals surface area contributed by atoms with Gasteiger partial charge in [0, 0.05) is 25.0 Å². The standard InChI is InChI=1S/C17H22N4O.2ClH/c1-2-3-9-14-20-15-16(21(14)10-6-11-22)12-7-4-5-8-13(12)19-17(15)18;;/h4-5,7-8,22H,2-3,6,9-11H2,1H3,(H2,18,19);2*1H. The van der Waals surface area contributed by atoms with E-state index in [1.54, 1.807) is 0 Å². The minimum atomic E-state index is 0. The number of anilines is 1. The molecule has 0 atom stereocenters. The Morgan fingerprint density at radius 3 is 2.58 bits per heavy atom. The summed E-state index contributed by atoms with van der Waals surface area (Å²) in [5, 5.41) is 10.3. The van der Waals surface area contributed by atoms with Crippen LogP contribution in [0.15, 0.2) is 24.3 Å². The number of imidazole rings is 1. The molecule has 0 radical (unpaired) electrons. The lowest BCUT2D eigenvalue weighted by Crippen LogP contribution is -2.06. The number of pyridine rings is 1. The van der Waals surface area contributed by atoms with Crippen LogP contribution in [-0.2, 0) is 13.0 Å². The van der Waals surface area contributed by atoms with E-state index in [-0.39, 0.29) is 31.4 Å². The van der Waals surface area contributed by atoms with E-state index in [0.717, 1.165) is 53.6 Å². The van der Waals surface area contributed by atoms with Gasteiger partial charge in [0.2, 0.25) is 0 Å². The van der Waals surface area contributed by atoms with Gasteiger partial charge in [0.1, 0.15) is 11.3 Å². The van der Waals surface area contributed by atoms with Crippen molar-refractivity contribution >= 4 is 52.6 Å². The summed E-state index contributed by atoms with van der Waals surface area (Å²) in [6.45, 7) is 3.09. The maximum atomic E-state index is 9.20. The second-order valence-electron chi connectivity index (χ2n) is 5.57. The third kappa shape index (κ3) is 3.74. The van der Waals surface area contributed by atoms with Gasteiger partial charge in [0.15, 0.2) is 5.82 Å². The summed E-state index contributed by atoms with van der Waals surface area (Å²) >= 11 is 0. The van der Waals surface area contributed by atoms with E-state index < -0.39 is 0 Å². The highest BCUT2D eigenvalue weighted by Crippen LogP contribution is 2.29. The van der Waals surface area contributed by atoms with Crippen LogP contribution < -0.4 is 5.73 Å². The summed E-state index contributed by atoms with van der Waals surface area (Å²) in [4.78, 5) is 9.22. The Bertz CT molecular complexity index is 804. The number of hydrogen-bond donors (Lipinski definition) is 2. The molecule has 0 aliphatic rings. The Balaban J connectivity index is 0.00000144. The van der Waals surface area contributed by atoms with Crippen LogP contribution in [0.2, 0.25) is 0 Å². The van der Waals surface area contributed by atoms with E-state index in [1.807, 2.05) is 18.2 Å². The first-order chi connectivity index (χ1) is 10.8. The topological polar surface area (TPSA) is 77.0 Å². The lowest BCUT2D eigenvalue weighted by atomic mass is 10.2. The van der Waals surface area contributed by atoms with Gasteiger partial charge < -0.3 is 15.4 Å². The molecule has 0 saturated heterocycles. The molecule has 0 bridgehead atoms. The number of nitrogens with two attached hydrogens (primary N) is 1. The Morgan fingerprint density at radius 1 is 1.12 bits per heavy atom. The number of aromatic nitrogens is 3. The number of aryl methyl sites for hydroxylation is 2. The molecule has 132 valence electrons. The number of nitrogens with zero attached hydrogens (tertiary/aromatic N) is 3. The lowest BCUT2D eigenvalue weighted by Gasteiger charge is -2.10. The zero-order valence-corrected chi connectivity index (χ0v) is 15.4. The van der Waals surface area contributed by atoms with Crippen LogP contribution >= 0.6 is 24.8 Å². The molecule has 0 aliphatic carbocycles. The molecular weight excluding hydrogens is 347 g/mol. The molecule has 7 heteroatoms. The maximum absolute atomic E-state index is 9.20. The summed E-state index contributed by atoms with van der Waals surface area (Å²) in [6, 6.07) is 8.01. The highest BCUT2D eigenvalue weighted by molar-refractivity contribution is 6.06. The highest BCUT2D eigenvalue weighted by atomic mass is 35.5. The van der Waals surface area contributed by atoms with Gasteiger partial charge in [-0.15, -0.1) is 24.8 Å². The van der Waals surface area contributed by atoms with Crippen LogP contribution in [0.5, 0.6) is 0 Å². The number of aliphatic hydroxyl groups excluding tert-OH is 1. The zero-order valence-electron chi connectivity index (χ0n) is 13.7. The lowest BCUT2D eigenvalue weighted by molar-refractivity contribution is 0.280. The van der Waals surface area contributed by atoms with Crippen molar-refractivity contribution in [1.29, 1.82) is 0 Å². The first kappa shape index (κ1) is 20.5. The monoisotopic (exact) mass is 370 g/mol. The van der Waals surface area contributed by atoms with Crippen LogP contribution in [0.25, 0.3) is 21.9 Å². The number of aliphatic hydroxyl groups is 1. The Hall–Kier alpha value is -1.56. The molecule has 3 rings (SSSR count). The van der Waals surface area contributed by atoms with Crippen molar-refractivity contribution in [2.45, 2.75) is 39.2 Å². The van der Waals surface area contributed by atoms with Crippen molar-refractivity contribution in [3.05, 3.63) is 30.1 Å². The smallest absolute Gasteiger partial charge is 0.152 e. The van der Waals surface area contributed by atoms with Crippen molar-refractivity contribution in [3.63, 3.8) is 0 Å². The highest BCUT2D eigenvalue weighted by Gasteiger charge is 2.16. The summed E-state index contributed by atoms with van der Waals surface area (Å²) in [5.41, 5.74) is 8.84. The summed E-state index contributed by atoms with van der Waals surface area (Å²) < 4.78 is 2.21. The van der Waals surface area contributed by atoms with Gasteiger partial charge in [0.05, 0.1) is 11.0 Å². The predicted molar refractivity (Wildman–Crippen MR) is 104 cm³/mol. The molecule has 24 heavy (non-hydrogen) atoms. The van der Waals surface area contributed by atoms with Crippen molar-refractivity contribution < 1.29 is 5.11 Å². The van der Waals surface area contributed by atoms with E-state index in [2.05, 4.69) is 22.5 Å². The third-order valence-corrected chi connectivity index (χ3v) is 3.98. The van der Waals surface area contributed by atoms with Crippen molar-refractivity contribution in [2.75, 3.05) is 12.3 Å². The molecular formula is C17H24Cl2N4O. The number of para-hydroxylation sites is 1. The van der Waals surface area contributed by atoms with Gasteiger partial charge in [-0.3, -0.25) is 0 Å². The Kier molecular flexibility index (Phi) is 7.73. The number of hydrogen-bond acceptors (Lipinski definition) is 4. The molecule has 0 unspecified atom stereocenters. The van der Waals surface area contributed by atoms with Crippen LogP contribution in [0.4, 0.5) is 5.82 Å². The van der Waals surface area contributed by atoms with E-state index in [9.17, 15) is 5.11 Å². The van der Waals surface area contributed by atoms with Crippen LogP contribution in [0, 0.1) is 0 Å². The SMILES string of the molecule is CCCCc1nc2c(N)nc3ccccc3c2n1CCCO.Cl.Cl. The number of fused-ring (bicyclic) bond motifs is 3. The van der Waals surface area contributed by atoms with Gasteiger partial charge in [0.25, 0.3) is 0 Å². The van der Waals surface area contributed by atoms with Gasteiger partial charge in [-0.2, -0.15) is 0 Å². The zero-order chi connectivity index (χ0) is 15.5. The van der Waals surface area contributed by atoms with Crippen LogP contribution in [-0.4, -0.2) is 26.2 Å². The number of unbranched alkanes of at least 4 members (excludes halogenated alkanes) is 1. The molecule has 0 amide bonds. The molecule has 0 fully saturated rings. The molecule has 0 aliphatic heterocycles. The van der Waals surface area contributed by atoms with Gasteiger partial charge in [-0.25, -0.2) is 9.97 Å². The molecule has 0 saturated carbocycles.